The molecule has 3 aromatic rings. The van der Waals surface area contributed by atoms with Crippen molar-refractivity contribution in [1.29, 1.82) is 0 Å². The minimum absolute atomic E-state index is 0.161. The number of H-pyrrole nitrogens is 2. The molecule has 0 saturated carbocycles. The summed E-state index contributed by atoms with van der Waals surface area (Å²) in [5.41, 5.74) is 1.09. The molecule has 8 heteroatoms. The van der Waals surface area contributed by atoms with E-state index in [1.807, 2.05) is 18.2 Å². The fraction of sp³-hybridized carbons (Fsp3) is 0.250. The summed E-state index contributed by atoms with van der Waals surface area (Å²) in [6.07, 6.45) is 0. The maximum Gasteiger partial charge on any atom is 0.258 e. The molecule has 24 heavy (non-hydrogen) atoms. The summed E-state index contributed by atoms with van der Waals surface area (Å²) in [6.45, 7) is 2.06. The first-order valence-electron chi connectivity index (χ1n) is 7.44. The minimum Gasteiger partial charge on any atom is -0.309 e. The molecule has 0 amide bonds. The van der Waals surface area contributed by atoms with Gasteiger partial charge in [0, 0.05) is 11.8 Å². The van der Waals surface area contributed by atoms with Crippen LogP contribution in [0.4, 0.5) is 0 Å². The molecule has 0 spiro atoms. The van der Waals surface area contributed by atoms with Gasteiger partial charge in [0.15, 0.2) is 5.16 Å². The summed E-state index contributed by atoms with van der Waals surface area (Å²) in [5.74, 6) is 2.66. The molecule has 0 aliphatic heterocycles. The molecule has 0 radical (unpaired) electrons. The molecule has 6 nitrogen and oxygen atoms in total. The minimum atomic E-state index is -0.167. The van der Waals surface area contributed by atoms with Crippen LogP contribution in [0.3, 0.4) is 0 Å². The number of fused-ring (bicyclic) bond motifs is 1. The summed E-state index contributed by atoms with van der Waals surface area (Å²) in [5, 5.41) is 1.10. The molecule has 0 aliphatic carbocycles. The Morgan fingerprint density at radius 3 is 2.75 bits per heavy atom. The van der Waals surface area contributed by atoms with E-state index in [9.17, 15) is 9.59 Å². The van der Waals surface area contributed by atoms with Crippen LogP contribution < -0.4 is 11.1 Å². The number of para-hydroxylation sites is 1. The van der Waals surface area contributed by atoms with Crippen molar-refractivity contribution in [2.45, 2.75) is 23.6 Å². The second-order valence-corrected chi connectivity index (χ2v) is 7.24. The van der Waals surface area contributed by atoms with Crippen molar-refractivity contribution in [2.24, 2.45) is 0 Å². The van der Waals surface area contributed by atoms with Crippen LogP contribution in [0.2, 0.25) is 0 Å². The van der Waals surface area contributed by atoms with Gasteiger partial charge in [-0.3, -0.25) is 9.59 Å². The number of thioether (sulfide) groups is 2. The Hall–Kier alpha value is -2.06. The predicted octanol–water partition coefficient (Wildman–Crippen LogP) is 2.55. The monoisotopic (exact) mass is 360 g/mol. The molecule has 0 atom stereocenters. The first-order chi connectivity index (χ1) is 11.7. The summed E-state index contributed by atoms with van der Waals surface area (Å²) in [4.78, 5) is 38.1. The normalized spacial score (nSPS) is 11.0. The van der Waals surface area contributed by atoms with Crippen LogP contribution >= 0.6 is 23.5 Å². The van der Waals surface area contributed by atoms with Gasteiger partial charge in [0.25, 0.3) is 11.1 Å². The zero-order chi connectivity index (χ0) is 16.9. The number of hydrogen-bond donors (Lipinski definition) is 2. The second-order valence-electron chi connectivity index (χ2n) is 5.00. The van der Waals surface area contributed by atoms with Crippen molar-refractivity contribution in [3.63, 3.8) is 0 Å². The quantitative estimate of drug-likeness (QED) is 0.518. The van der Waals surface area contributed by atoms with Gasteiger partial charge in [-0.1, -0.05) is 30.8 Å². The molecule has 2 aromatic heterocycles. The molecule has 0 saturated heterocycles. The van der Waals surface area contributed by atoms with Crippen LogP contribution in [0.15, 0.2) is 45.1 Å². The highest BCUT2D eigenvalue weighted by Gasteiger charge is 2.06. The average Bonchev–Trinajstić information content (AvgIpc) is 2.58. The zero-order valence-electron chi connectivity index (χ0n) is 13.0. The Morgan fingerprint density at radius 2 is 1.92 bits per heavy atom. The van der Waals surface area contributed by atoms with Gasteiger partial charge in [-0.2, -0.15) is 11.8 Å². The lowest BCUT2D eigenvalue weighted by Crippen LogP contribution is -2.12. The lowest BCUT2D eigenvalue weighted by atomic mass is 10.2. The maximum atomic E-state index is 12.1. The Morgan fingerprint density at radius 1 is 1.08 bits per heavy atom. The highest BCUT2D eigenvalue weighted by atomic mass is 32.2. The zero-order valence-corrected chi connectivity index (χ0v) is 14.7. The fourth-order valence-electron chi connectivity index (χ4n) is 2.17. The van der Waals surface area contributed by atoms with Crippen LogP contribution in [0.25, 0.3) is 10.9 Å². The largest absolute Gasteiger partial charge is 0.309 e. The highest BCUT2D eigenvalue weighted by molar-refractivity contribution is 7.98. The SMILES string of the molecule is CCSCc1cc(=O)[nH]c(SCc2nc3ccccc3c(=O)[nH]2)n1. The van der Waals surface area contributed by atoms with Crippen LogP contribution in [-0.4, -0.2) is 25.7 Å². The number of nitrogens with one attached hydrogen (secondary N) is 2. The molecule has 1 aromatic carbocycles. The highest BCUT2D eigenvalue weighted by Crippen LogP contribution is 2.18. The van der Waals surface area contributed by atoms with Gasteiger partial charge in [0.2, 0.25) is 0 Å². The van der Waals surface area contributed by atoms with Crippen LogP contribution in [0.1, 0.15) is 18.4 Å². The molecule has 0 bridgehead atoms. The Labute approximate surface area is 146 Å². The van der Waals surface area contributed by atoms with Crippen molar-refractivity contribution < 1.29 is 0 Å². The fourth-order valence-corrected chi connectivity index (χ4v) is 3.50. The lowest BCUT2D eigenvalue weighted by Gasteiger charge is -2.04. The van der Waals surface area contributed by atoms with E-state index in [2.05, 4.69) is 26.9 Å². The topological polar surface area (TPSA) is 91.5 Å². The third-order valence-corrected chi connectivity index (χ3v) is 5.03. The van der Waals surface area contributed by atoms with Crippen LogP contribution in [0, 0.1) is 0 Å². The number of hydrogen-bond acceptors (Lipinski definition) is 6. The molecule has 0 unspecified atom stereocenters. The molecular formula is C16H16N4O2S2. The number of aromatic nitrogens is 4. The summed E-state index contributed by atoms with van der Waals surface area (Å²) < 4.78 is 0. The predicted molar refractivity (Wildman–Crippen MR) is 98.6 cm³/mol. The second kappa shape index (κ2) is 7.67. The van der Waals surface area contributed by atoms with E-state index in [1.54, 1.807) is 17.8 Å². The Kier molecular flexibility index (Phi) is 5.37. The summed E-state index contributed by atoms with van der Waals surface area (Å²) >= 11 is 3.06. The third kappa shape index (κ3) is 4.07. The Balaban J connectivity index is 1.79. The van der Waals surface area contributed by atoms with Gasteiger partial charge in [0.05, 0.1) is 22.3 Å². The van der Waals surface area contributed by atoms with Crippen molar-refractivity contribution in [3.05, 3.63) is 62.6 Å². The number of aromatic amines is 2. The lowest BCUT2D eigenvalue weighted by molar-refractivity contribution is 0.896. The van der Waals surface area contributed by atoms with Gasteiger partial charge in [-0.15, -0.1) is 0 Å². The van der Waals surface area contributed by atoms with Crippen molar-refractivity contribution >= 4 is 34.4 Å². The molecule has 0 aliphatic rings. The molecule has 2 N–H and O–H groups in total. The van der Waals surface area contributed by atoms with Gasteiger partial charge in [0.1, 0.15) is 5.82 Å². The molecule has 3 rings (SSSR count). The van der Waals surface area contributed by atoms with E-state index in [0.29, 0.717) is 33.4 Å². The Bertz CT molecular complexity index is 968. The van der Waals surface area contributed by atoms with Crippen molar-refractivity contribution in [1.82, 2.24) is 19.9 Å². The first-order valence-corrected chi connectivity index (χ1v) is 9.58. The molecule has 2 heterocycles. The first kappa shape index (κ1) is 16.8. The number of benzene rings is 1. The van der Waals surface area contributed by atoms with E-state index in [1.165, 1.54) is 17.8 Å². The molecule has 124 valence electrons. The van der Waals surface area contributed by atoms with E-state index < -0.39 is 0 Å². The summed E-state index contributed by atoms with van der Waals surface area (Å²) in [6, 6.07) is 8.72. The molecule has 0 fully saturated rings. The number of nitrogens with zero attached hydrogens (tertiary/aromatic N) is 2. The van der Waals surface area contributed by atoms with Crippen LogP contribution in [-0.2, 0) is 11.5 Å². The number of rotatable bonds is 6. The maximum absolute atomic E-state index is 12.1. The van der Waals surface area contributed by atoms with Crippen molar-refractivity contribution in [2.75, 3.05) is 5.75 Å². The van der Waals surface area contributed by atoms with E-state index in [-0.39, 0.29) is 11.1 Å². The van der Waals surface area contributed by atoms with Crippen molar-refractivity contribution in [3.8, 4) is 0 Å². The van der Waals surface area contributed by atoms with Gasteiger partial charge in [-0.25, -0.2) is 9.97 Å². The van der Waals surface area contributed by atoms with Crippen LogP contribution in [0.5, 0.6) is 0 Å². The van der Waals surface area contributed by atoms with Gasteiger partial charge < -0.3 is 9.97 Å². The van der Waals surface area contributed by atoms with E-state index in [4.69, 9.17) is 0 Å². The van der Waals surface area contributed by atoms with E-state index in [0.717, 1.165) is 11.4 Å². The smallest absolute Gasteiger partial charge is 0.258 e. The standard InChI is InChI=1S/C16H16N4O2S2/c1-2-23-8-10-7-14(21)20-16(17-10)24-9-13-18-12-6-4-3-5-11(12)15(22)19-13/h3-7H,2,8-9H2,1H3,(H,17,20,21)(H,18,19,22). The van der Waals surface area contributed by atoms with Gasteiger partial charge in [-0.05, 0) is 17.9 Å². The molecular weight excluding hydrogens is 344 g/mol. The average molecular weight is 360 g/mol. The third-order valence-electron chi connectivity index (χ3n) is 3.23. The van der Waals surface area contributed by atoms with E-state index >= 15 is 0 Å². The van der Waals surface area contributed by atoms with Gasteiger partial charge >= 0.3 is 0 Å². The summed E-state index contributed by atoms with van der Waals surface area (Å²) in [7, 11) is 0.